The molecule has 0 radical (unpaired) electrons. The minimum atomic E-state index is -0.472. The molecule has 0 bridgehead atoms. The van der Waals surface area contributed by atoms with Gasteiger partial charge in [-0.2, -0.15) is 0 Å². The van der Waals surface area contributed by atoms with Crippen LogP contribution in [0, 0.1) is 12.3 Å². The van der Waals surface area contributed by atoms with E-state index >= 15 is 0 Å². The van der Waals surface area contributed by atoms with Gasteiger partial charge in [0.2, 0.25) is 0 Å². The van der Waals surface area contributed by atoms with Gasteiger partial charge in [0, 0.05) is 9.58 Å². The molecule has 0 spiro atoms. The van der Waals surface area contributed by atoms with Crippen molar-refractivity contribution in [1.29, 1.82) is 0 Å². The molecule has 0 saturated carbocycles. The van der Waals surface area contributed by atoms with E-state index in [4.69, 9.17) is 4.74 Å². The number of carbonyl (C=O) groups excluding carboxylic acids is 1. The van der Waals surface area contributed by atoms with Crippen molar-refractivity contribution in [3.63, 3.8) is 0 Å². The molecule has 3 rings (SSSR count). The van der Waals surface area contributed by atoms with E-state index in [1.54, 1.807) is 13.0 Å². The van der Waals surface area contributed by atoms with Crippen molar-refractivity contribution in [3.05, 3.63) is 58.5 Å². The minimum absolute atomic E-state index is 0.138. The SMILES string of the molecule is CCC(CCc1ccc(OCC(C)(C)C(C)=O)c(C)c1)c1cc2cc(O)ccc2s1. The fraction of sp³-hybridized carbons (Fsp3) is 0.423. The fourth-order valence-corrected chi connectivity index (χ4v) is 4.79. The van der Waals surface area contributed by atoms with E-state index in [1.807, 2.05) is 43.4 Å². The third-order valence-electron chi connectivity index (χ3n) is 5.98. The summed E-state index contributed by atoms with van der Waals surface area (Å²) in [6, 6.07) is 14.2. The highest BCUT2D eigenvalue weighted by Crippen LogP contribution is 2.36. The second kappa shape index (κ2) is 9.22. The molecule has 30 heavy (non-hydrogen) atoms. The van der Waals surface area contributed by atoms with Gasteiger partial charge in [-0.1, -0.05) is 19.1 Å². The number of phenolic OH excluding ortho intramolecular Hbond substituents is 1. The number of rotatable bonds is 9. The lowest BCUT2D eigenvalue weighted by molar-refractivity contribution is -0.126. The number of phenols is 1. The summed E-state index contributed by atoms with van der Waals surface area (Å²) in [7, 11) is 0. The lowest BCUT2D eigenvalue weighted by Crippen LogP contribution is -2.29. The number of hydrogen-bond donors (Lipinski definition) is 1. The number of thiophene rings is 1. The zero-order chi connectivity index (χ0) is 21.9. The van der Waals surface area contributed by atoms with Crippen LogP contribution in [0.2, 0.25) is 0 Å². The predicted octanol–water partition coefficient (Wildman–Crippen LogP) is 7.04. The average Bonchev–Trinajstić information content (AvgIpc) is 3.10. The van der Waals surface area contributed by atoms with Crippen LogP contribution < -0.4 is 4.74 Å². The van der Waals surface area contributed by atoms with Crippen molar-refractivity contribution < 1.29 is 14.6 Å². The second-order valence-corrected chi connectivity index (χ2v) is 9.96. The number of benzene rings is 2. The Kier molecular flexibility index (Phi) is 6.87. The van der Waals surface area contributed by atoms with Gasteiger partial charge in [0.05, 0.1) is 5.41 Å². The van der Waals surface area contributed by atoms with Crippen LogP contribution in [0.1, 0.15) is 62.5 Å². The summed E-state index contributed by atoms with van der Waals surface area (Å²) in [5.41, 5.74) is 1.95. The monoisotopic (exact) mass is 424 g/mol. The molecule has 0 amide bonds. The molecular weight excluding hydrogens is 392 g/mol. The lowest BCUT2D eigenvalue weighted by Gasteiger charge is -2.22. The van der Waals surface area contributed by atoms with Gasteiger partial charge in [0.1, 0.15) is 23.9 Å². The van der Waals surface area contributed by atoms with Gasteiger partial charge in [-0.15, -0.1) is 11.3 Å². The Morgan fingerprint density at radius 1 is 1.17 bits per heavy atom. The maximum atomic E-state index is 11.7. The Morgan fingerprint density at radius 3 is 2.60 bits per heavy atom. The molecular formula is C26H32O3S. The van der Waals surface area contributed by atoms with Gasteiger partial charge in [-0.3, -0.25) is 4.79 Å². The first-order valence-corrected chi connectivity index (χ1v) is 11.5. The Hall–Kier alpha value is -2.33. The molecule has 2 aromatic carbocycles. The molecule has 0 aliphatic rings. The molecule has 4 heteroatoms. The second-order valence-electron chi connectivity index (χ2n) is 8.84. The van der Waals surface area contributed by atoms with Crippen LogP contribution >= 0.6 is 11.3 Å². The molecule has 0 fully saturated rings. The Labute approximate surface area is 183 Å². The van der Waals surface area contributed by atoms with Gasteiger partial charge in [0.15, 0.2) is 0 Å². The number of aromatic hydroxyl groups is 1. The zero-order valence-electron chi connectivity index (χ0n) is 18.6. The third kappa shape index (κ3) is 5.23. The van der Waals surface area contributed by atoms with Crippen molar-refractivity contribution in [3.8, 4) is 11.5 Å². The smallest absolute Gasteiger partial charge is 0.138 e. The summed E-state index contributed by atoms with van der Waals surface area (Å²) in [6.07, 6.45) is 3.20. The molecule has 3 aromatic rings. The quantitative estimate of drug-likeness (QED) is 0.401. The van der Waals surface area contributed by atoms with Crippen LogP contribution in [0.3, 0.4) is 0 Å². The zero-order valence-corrected chi connectivity index (χ0v) is 19.4. The first-order chi connectivity index (χ1) is 14.2. The van der Waals surface area contributed by atoms with E-state index < -0.39 is 5.41 Å². The van der Waals surface area contributed by atoms with E-state index in [9.17, 15) is 9.90 Å². The maximum absolute atomic E-state index is 11.7. The number of fused-ring (bicyclic) bond motifs is 1. The molecule has 1 atom stereocenters. The number of carbonyl (C=O) groups is 1. The molecule has 0 saturated heterocycles. The standard InChI is InChI=1S/C26H32O3S/c1-6-20(25-15-21-14-22(28)10-12-24(21)30-25)9-7-19-8-11-23(17(2)13-19)29-16-26(4,5)18(3)27/h8,10-15,20,28H,6-7,9,16H2,1-5H3. The van der Waals surface area contributed by atoms with Crippen LogP contribution in [0.5, 0.6) is 11.5 Å². The van der Waals surface area contributed by atoms with Crippen LogP contribution in [-0.2, 0) is 11.2 Å². The van der Waals surface area contributed by atoms with E-state index in [-0.39, 0.29) is 5.78 Å². The summed E-state index contributed by atoms with van der Waals surface area (Å²) < 4.78 is 7.17. The third-order valence-corrected chi connectivity index (χ3v) is 7.26. The molecule has 1 N–H and O–H groups in total. The van der Waals surface area contributed by atoms with Crippen LogP contribution in [-0.4, -0.2) is 17.5 Å². The number of aryl methyl sites for hydroxylation is 2. The summed E-state index contributed by atoms with van der Waals surface area (Å²) in [6.45, 7) is 10.1. The average molecular weight is 425 g/mol. The minimum Gasteiger partial charge on any atom is -0.508 e. The van der Waals surface area contributed by atoms with E-state index in [0.717, 1.165) is 36.0 Å². The Morgan fingerprint density at radius 2 is 1.93 bits per heavy atom. The van der Waals surface area contributed by atoms with Crippen molar-refractivity contribution in [1.82, 2.24) is 0 Å². The fourth-order valence-electron chi connectivity index (χ4n) is 3.53. The highest BCUT2D eigenvalue weighted by Gasteiger charge is 2.24. The topological polar surface area (TPSA) is 46.5 Å². The predicted molar refractivity (Wildman–Crippen MR) is 126 cm³/mol. The van der Waals surface area contributed by atoms with Crippen molar-refractivity contribution in [2.24, 2.45) is 5.41 Å². The van der Waals surface area contributed by atoms with Crippen molar-refractivity contribution in [2.45, 2.75) is 59.8 Å². The summed E-state index contributed by atoms with van der Waals surface area (Å²) in [5.74, 6) is 1.82. The van der Waals surface area contributed by atoms with E-state index in [2.05, 4.69) is 32.0 Å². The number of hydrogen-bond acceptors (Lipinski definition) is 4. The van der Waals surface area contributed by atoms with Crippen LogP contribution in [0.15, 0.2) is 42.5 Å². The number of Topliss-reactive ketones (excluding diaryl/α,β-unsaturated/α-hetero) is 1. The molecule has 0 aliphatic carbocycles. The normalized spacial score (nSPS) is 12.8. The summed E-state index contributed by atoms with van der Waals surface area (Å²) in [5, 5.41) is 10.8. The van der Waals surface area contributed by atoms with Gasteiger partial charge in [-0.05, 0) is 99.7 Å². The largest absolute Gasteiger partial charge is 0.508 e. The van der Waals surface area contributed by atoms with Crippen LogP contribution in [0.4, 0.5) is 0 Å². The molecule has 3 nitrogen and oxygen atoms in total. The summed E-state index contributed by atoms with van der Waals surface area (Å²) in [4.78, 5) is 13.1. The van der Waals surface area contributed by atoms with E-state index in [0.29, 0.717) is 18.3 Å². The van der Waals surface area contributed by atoms with Gasteiger partial charge >= 0.3 is 0 Å². The molecule has 1 unspecified atom stereocenters. The van der Waals surface area contributed by atoms with Crippen molar-refractivity contribution in [2.75, 3.05) is 6.61 Å². The Bertz CT molecular complexity index is 1030. The molecule has 0 aliphatic heterocycles. The molecule has 1 aromatic heterocycles. The van der Waals surface area contributed by atoms with Gasteiger partial charge in [0.25, 0.3) is 0 Å². The number of ether oxygens (including phenoxy) is 1. The molecule has 160 valence electrons. The van der Waals surface area contributed by atoms with Crippen LogP contribution in [0.25, 0.3) is 10.1 Å². The van der Waals surface area contributed by atoms with Gasteiger partial charge in [-0.25, -0.2) is 0 Å². The first kappa shape index (κ1) is 22.4. The highest BCUT2D eigenvalue weighted by atomic mass is 32.1. The highest BCUT2D eigenvalue weighted by molar-refractivity contribution is 7.19. The summed E-state index contributed by atoms with van der Waals surface area (Å²) >= 11 is 1.83. The van der Waals surface area contributed by atoms with E-state index in [1.165, 1.54) is 15.1 Å². The lowest BCUT2D eigenvalue weighted by atomic mass is 9.90. The van der Waals surface area contributed by atoms with Gasteiger partial charge < -0.3 is 9.84 Å². The maximum Gasteiger partial charge on any atom is 0.138 e. The Balaban J connectivity index is 1.65. The van der Waals surface area contributed by atoms with Crippen molar-refractivity contribution >= 4 is 27.2 Å². The number of ketones is 1. The molecule has 1 heterocycles. The first-order valence-electron chi connectivity index (χ1n) is 10.7.